The first-order chi connectivity index (χ1) is 10.4. The highest BCUT2D eigenvalue weighted by Gasteiger charge is 2.27. The lowest BCUT2D eigenvalue weighted by Gasteiger charge is -2.23. The first-order valence-electron chi connectivity index (χ1n) is 7.65. The van der Waals surface area contributed by atoms with Gasteiger partial charge in [-0.3, -0.25) is 0 Å². The summed E-state index contributed by atoms with van der Waals surface area (Å²) in [6, 6.07) is 8.70. The highest BCUT2D eigenvalue weighted by Crippen LogP contribution is 2.37. The molecule has 4 rings (SSSR count). The lowest BCUT2D eigenvalue weighted by molar-refractivity contribution is 0.318. The van der Waals surface area contributed by atoms with Crippen LogP contribution in [0.2, 0.25) is 0 Å². The molecule has 21 heavy (non-hydrogen) atoms. The first-order valence-corrected chi connectivity index (χ1v) is 8.70. The van der Waals surface area contributed by atoms with Gasteiger partial charge >= 0.3 is 0 Å². The van der Waals surface area contributed by atoms with Crippen molar-refractivity contribution in [3.05, 3.63) is 47.1 Å². The minimum Gasteiger partial charge on any atom is -0.338 e. The van der Waals surface area contributed by atoms with Crippen LogP contribution in [-0.4, -0.2) is 15.9 Å². The van der Waals surface area contributed by atoms with Gasteiger partial charge in [0.25, 0.3) is 0 Å². The topological polar surface area (TPSA) is 51.0 Å². The van der Waals surface area contributed by atoms with Crippen LogP contribution in [0.5, 0.6) is 0 Å². The number of fused-ring (bicyclic) bond motifs is 1. The fraction of sp³-hybridized carbons (Fsp3) is 0.500. The summed E-state index contributed by atoms with van der Waals surface area (Å²) in [5.41, 5.74) is 2.75. The summed E-state index contributed by atoms with van der Waals surface area (Å²) >= 11 is 1.96. The Morgan fingerprint density at radius 1 is 1.19 bits per heavy atom. The smallest absolute Gasteiger partial charge is 0.244 e. The van der Waals surface area contributed by atoms with Crippen molar-refractivity contribution in [3.63, 3.8) is 0 Å². The summed E-state index contributed by atoms with van der Waals surface area (Å²) in [5.74, 6) is 2.84. The maximum atomic E-state index is 5.54. The lowest BCUT2D eigenvalue weighted by Crippen LogP contribution is -2.28. The summed E-state index contributed by atoms with van der Waals surface area (Å²) < 4.78 is 5.54. The van der Waals surface area contributed by atoms with Crippen LogP contribution in [-0.2, 0) is 13.0 Å². The van der Waals surface area contributed by atoms with E-state index in [9.17, 15) is 0 Å². The average molecular weight is 301 g/mol. The molecule has 2 aliphatic heterocycles. The molecule has 0 spiro atoms. The molecular formula is C16H19N3OS. The normalized spacial score (nSPS) is 25.5. The summed E-state index contributed by atoms with van der Waals surface area (Å²) in [6.45, 7) is 0.872. The van der Waals surface area contributed by atoms with Crippen molar-refractivity contribution in [3.8, 4) is 0 Å². The average Bonchev–Trinajstić information content (AvgIpc) is 3.05. The third-order valence-corrected chi connectivity index (χ3v) is 5.68. The molecule has 0 bridgehead atoms. The third-order valence-electron chi connectivity index (χ3n) is 4.30. The molecule has 1 saturated heterocycles. The number of thioether (sulfide) groups is 1. The Morgan fingerprint density at radius 3 is 2.95 bits per heavy atom. The Labute approximate surface area is 128 Å². The number of hydrogen-bond donors (Lipinski definition) is 1. The Kier molecular flexibility index (Phi) is 3.69. The van der Waals surface area contributed by atoms with Gasteiger partial charge in [-0.05, 0) is 36.1 Å². The van der Waals surface area contributed by atoms with Gasteiger partial charge in [0.2, 0.25) is 5.89 Å². The molecule has 1 aromatic heterocycles. The number of aromatic nitrogens is 2. The SMILES string of the molecule is c1ccc2c(c1)CN[C@@H](c1nc(C3CCCCS3)no1)C2. The van der Waals surface area contributed by atoms with Gasteiger partial charge in [-0.25, -0.2) is 0 Å². The zero-order valence-corrected chi connectivity index (χ0v) is 12.7. The molecule has 5 heteroatoms. The van der Waals surface area contributed by atoms with E-state index in [4.69, 9.17) is 4.52 Å². The largest absolute Gasteiger partial charge is 0.338 e. The van der Waals surface area contributed by atoms with E-state index < -0.39 is 0 Å². The van der Waals surface area contributed by atoms with E-state index in [0.29, 0.717) is 5.25 Å². The molecule has 0 aliphatic carbocycles. The van der Waals surface area contributed by atoms with E-state index in [1.807, 2.05) is 11.8 Å². The summed E-state index contributed by atoms with van der Waals surface area (Å²) in [4.78, 5) is 4.67. The second kappa shape index (κ2) is 5.81. The molecule has 1 N–H and O–H groups in total. The second-order valence-electron chi connectivity index (χ2n) is 5.75. The fourth-order valence-corrected chi connectivity index (χ4v) is 4.33. The predicted octanol–water partition coefficient (Wildman–Crippen LogP) is 3.41. The standard InChI is InChI=1S/C16H19N3OS/c1-2-6-12-10-17-13(9-11(12)5-1)16-18-15(19-20-16)14-7-3-4-8-21-14/h1-2,5-6,13-14,17H,3-4,7-10H2/t13-,14?/m1/s1. The van der Waals surface area contributed by atoms with Gasteiger partial charge < -0.3 is 9.84 Å². The Hall–Kier alpha value is -1.33. The van der Waals surface area contributed by atoms with Gasteiger partial charge in [-0.2, -0.15) is 16.7 Å². The molecule has 2 aliphatic rings. The molecule has 110 valence electrons. The van der Waals surface area contributed by atoms with Gasteiger partial charge in [-0.15, -0.1) is 0 Å². The molecule has 0 radical (unpaired) electrons. The first kappa shape index (κ1) is 13.3. The number of nitrogens with zero attached hydrogens (tertiary/aromatic N) is 2. The van der Waals surface area contributed by atoms with Gasteiger partial charge in [0, 0.05) is 6.54 Å². The van der Waals surface area contributed by atoms with E-state index in [1.54, 1.807) is 0 Å². The minimum absolute atomic E-state index is 0.148. The monoisotopic (exact) mass is 301 g/mol. The third kappa shape index (κ3) is 2.72. The summed E-state index contributed by atoms with van der Waals surface area (Å²) in [6.07, 6.45) is 4.68. The zero-order chi connectivity index (χ0) is 14.1. The molecule has 1 aromatic carbocycles. The number of hydrogen-bond acceptors (Lipinski definition) is 5. The molecule has 2 atom stereocenters. The maximum Gasteiger partial charge on any atom is 0.244 e. The van der Waals surface area contributed by atoms with Crippen molar-refractivity contribution in [1.29, 1.82) is 0 Å². The van der Waals surface area contributed by atoms with Crippen LogP contribution in [0, 0.1) is 0 Å². The van der Waals surface area contributed by atoms with Crippen molar-refractivity contribution < 1.29 is 4.52 Å². The molecule has 1 fully saturated rings. The quantitative estimate of drug-likeness (QED) is 0.921. The molecule has 0 saturated carbocycles. The highest BCUT2D eigenvalue weighted by atomic mass is 32.2. The van der Waals surface area contributed by atoms with Crippen molar-refractivity contribution in [2.75, 3.05) is 5.75 Å². The molecule has 1 unspecified atom stereocenters. The number of nitrogens with one attached hydrogen (secondary N) is 1. The van der Waals surface area contributed by atoms with Gasteiger partial charge in [0.1, 0.15) is 0 Å². The Bertz CT molecular complexity index is 621. The summed E-state index contributed by atoms with van der Waals surface area (Å²) in [7, 11) is 0. The number of rotatable bonds is 2. The predicted molar refractivity (Wildman–Crippen MR) is 83.1 cm³/mol. The van der Waals surface area contributed by atoms with E-state index >= 15 is 0 Å². The van der Waals surface area contributed by atoms with Gasteiger partial charge in [-0.1, -0.05) is 35.8 Å². The Morgan fingerprint density at radius 2 is 2.10 bits per heavy atom. The van der Waals surface area contributed by atoms with Crippen LogP contribution in [0.3, 0.4) is 0 Å². The highest BCUT2D eigenvalue weighted by molar-refractivity contribution is 7.99. The minimum atomic E-state index is 0.148. The molecular weight excluding hydrogens is 282 g/mol. The number of benzene rings is 1. The van der Waals surface area contributed by atoms with Crippen LogP contribution < -0.4 is 5.32 Å². The van der Waals surface area contributed by atoms with Crippen molar-refractivity contribution in [2.24, 2.45) is 0 Å². The van der Waals surface area contributed by atoms with Crippen molar-refractivity contribution >= 4 is 11.8 Å². The molecule has 2 aromatic rings. The van der Waals surface area contributed by atoms with E-state index in [1.165, 1.54) is 36.1 Å². The van der Waals surface area contributed by atoms with Crippen LogP contribution >= 0.6 is 11.8 Å². The van der Waals surface area contributed by atoms with Crippen LogP contribution in [0.4, 0.5) is 0 Å². The molecule has 4 nitrogen and oxygen atoms in total. The maximum absolute atomic E-state index is 5.54. The van der Waals surface area contributed by atoms with E-state index in [0.717, 1.165) is 24.7 Å². The van der Waals surface area contributed by atoms with E-state index in [2.05, 4.69) is 39.7 Å². The van der Waals surface area contributed by atoms with Crippen molar-refractivity contribution in [1.82, 2.24) is 15.5 Å². The van der Waals surface area contributed by atoms with Gasteiger partial charge in [0.05, 0.1) is 11.3 Å². The molecule has 3 heterocycles. The van der Waals surface area contributed by atoms with Crippen LogP contribution in [0.15, 0.2) is 28.8 Å². The summed E-state index contributed by atoms with van der Waals surface area (Å²) in [5, 5.41) is 8.15. The van der Waals surface area contributed by atoms with Gasteiger partial charge in [0.15, 0.2) is 5.82 Å². The van der Waals surface area contributed by atoms with Crippen LogP contribution in [0.1, 0.15) is 53.4 Å². The van der Waals surface area contributed by atoms with Crippen molar-refractivity contribution in [2.45, 2.75) is 43.5 Å². The Balaban J connectivity index is 1.51. The molecule has 0 amide bonds. The zero-order valence-electron chi connectivity index (χ0n) is 11.9. The fourth-order valence-electron chi connectivity index (χ4n) is 3.09. The second-order valence-corrected chi connectivity index (χ2v) is 7.06. The van der Waals surface area contributed by atoms with E-state index in [-0.39, 0.29) is 6.04 Å². The van der Waals surface area contributed by atoms with Crippen LogP contribution in [0.25, 0.3) is 0 Å². The lowest BCUT2D eigenvalue weighted by atomic mass is 9.96.